The van der Waals surface area contributed by atoms with Crippen LogP contribution < -0.4 is 11.1 Å². The van der Waals surface area contributed by atoms with Gasteiger partial charge in [0.1, 0.15) is 0 Å². The summed E-state index contributed by atoms with van der Waals surface area (Å²) in [7, 11) is 2.02. The Morgan fingerprint density at radius 1 is 1.11 bits per heavy atom. The lowest BCUT2D eigenvalue weighted by Crippen LogP contribution is -2.30. The number of hydrogen-bond donors (Lipinski definition) is 2. The zero-order valence-corrected chi connectivity index (χ0v) is 12.1. The van der Waals surface area contributed by atoms with Gasteiger partial charge in [0.05, 0.1) is 0 Å². The third-order valence-corrected chi connectivity index (χ3v) is 3.83. The van der Waals surface area contributed by atoms with E-state index in [1.165, 1.54) is 16.3 Å². The van der Waals surface area contributed by atoms with Gasteiger partial charge in [-0.15, -0.1) is 0 Å². The molecule has 2 rings (SSSR count). The molecule has 0 heterocycles. The second kappa shape index (κ2) is 5.72. The molecule has 2 aromatic rings. The van der Waals surface area contributed by atoms with E-state index in [0.29, 0.717) is 12.6 Å². The highest BCUT2D eigenvalue weighted by Crippen LogP contribution is 2.30. The average Bonchev–Trinajstić information content (AvgIpc) is 2.44. The van der Waals surface area contributed by atoms with Crippen LogP contribution in [0.25, 0.3) is 10.8 Å². The van der Waals surface area contributed by atoms with E-state index < -0.39 is 0 Å². The van der Waals surface area contributed by atoms with E-state index in [2.05, 4.69) is 61.6 Å². The summed E-state index contributed by atoms with van der Waals surface area (Å²) in [6.45, 7) is 5.15. The van der Waals surface area contributed by atoms with Crippen LogP contribution in [0.3, 0.4) is 0 Å². The minimum absolute atomic E-state index is 0.152. The van der Waals surface area contributed by atoms with Crippen LogP contribution in [0.4, 0.5) is 0 Å². The summed E-state index contributed by atoms with van der Waals surface area (Å²) >= 11 is 0. The van der Waals surface area contributed by atoms with Gasteiger partial charge in [-0.3, -0.25) is 0 Å². The summed E-state index contributed by atoms with van der Waals surface area (Å²) in [5, 5.41) is 6.01. The highest BCUT2D eigenvalue weighted by Gasteiger charge is 2.22. The monoisotopic (exact) mass is 256 g/mol. The fraction of sp³-hybridized carbons (Fsp3) is 0.412. The van der Waals surface area contributed by atoms with Gasteiger partial charge in [0.25, 0.3) is 0 Å². The van der Waals surface area contributed by atoms with Gasteiger partial charge in [-0.25, -0.2) is 0 Å². The van der Waals surface area contributed by atoms with E-state index in [9.17, 15) is 0 Å². The number of fused-ring (bicyclic) bond motifs is 1. The van der Waals surface area contributed by atoms with Crippen LogP contribution in [0.2, 0.25) is 0 Å². The maximum absolute atomic E-state index is 5.85. The molecule has 0 bridgehead atoms. The summed E-state index contributed by atoms with van der Waals surface area (Å²) in [5.74, 6) is 0. The van der Waals surface area contributed by atoms with Gasteiger partial charge < -0.3 is 11.1 Å². The van der Waals surface area contributed by atoms with Crippen LogP contribution in [0.15, 0.2) is 42.5 Å². The Kier molecular flexibility index (Phi) is 4.23. The van der Waals surface area contributed by atoms with Crippen LogP contribution >= 0.6 is 0 Å². The normalized spacial score (nSPS) is 13.7. The first-order chi connectivity index (χ1) is 9.05. The molecule has 0 fully saturated rings. The Morgan fingerprint density at radius 2 is 1.79 bits per heavy atom. The molecule has 102 valence electrons. The predicted molar refractivity (Wildman–Crippen MR) is 83.2 cm³/mol. The van der Waals surface area contributed by atoms with E-state index in [0.717, 1.165) is 6.42 Å². The van der Waals surface area contributed by atoms with Gasteiger partial charge in [-0.2, -0.15) is 0 Å². The average molecular weight is 256 g/mol. The van der Waals surface area contributed by atoms with Gasteiger partial charge in [-0.1, -0.05) is 50.2 Å². The number of rotatable bonds is 5. The van der Waals surface area contributed by atoms with E-state index in [4.69, 9.17) is 5.73 Å². The van der Waals surface area contributed by atoms with Crippen LogP contribution in [0.5, 0.6) is 0 Å². The largest absolute Gasteiger partial charge is 0.330 e. The van der Waals surface area contributed by atoms with Gasteiger partial charge in [0.2, 0.25) is 0 Å². The van der Waals surface area contributed by atoms with E-state index in [1.807, 2.05) is 7.05 Å². The first-order valence-electron chi connectivity index (χ1n) is 6.92. The fourth-order valence-electron chi connectivity index (χ4n) is 2.45. The minimum atomic E-state index is 0.152. The summed E-state index contributed by atoms with van der Waals surface area (Å²) < 4.78 is 0. The van der Waals surface area contributed by atoms with Crippen LogP contribution in [0, 0.1) is 5.41 Å². The molecule has 0 aromatic heterocycles. The number of hydrogen-bond acceptors (Lipinski definition) is 2. The lowest BCUT2D eigenvalue weighted by atomic mass is 9.83. The van der Waals surface area contributed by atoms with Gasteiger partial charge >= 0.3 is 0 Å². The Labute approximate surface area is 116 Å². The zero-order valence-electron chi connectivity index (χ0n) is 12.1. The van der Waals surface area contributed by atoms with E-state index in [-0.39, 0.29) is 5.41 Å². The Bertz CT molecular complexity index is 546. The quantitative estimate of drug-likeness (QED) is 0.859. The highest BCUT2D eigenvalue weighted by molar-refractivity contribution is 5.83. The van der Waals surface area contributed by atoms with Crippen molar-refractivity contribution in [3.05, 3.63) is 48.0 Å². The molecule has 0 aliphatic carbocycles. The zero-order chi connectivity index (χ0) is 13.9. The Hall–Kier alpha value is -1.38. The summed E-state index contributed by atoms with van der Waals surface area (Å²) in [6, 6.07) is 15.5. The molecule has 2 heteroatoms. The molecule has 3 N–H and O–H groups in total. The Balaban J connectivity index is 2.30. The molecule has 19 heavy (non-hydrogen) atoms. The second-order valence-electron chi connectivity index (χ2n) is 6.02. The van der Waals surface area contributed by atoms with Gasteiger partial charge in [0.15, 0.2) is 0 Å². The molecule has 0 aliphatic heterocycles. The molecule has 0 amide bonds. The summed E-state index contributed by atoms with van der Waals surface area (Å²) in [4.78, 5) is 0. The first-order valence-corrected chi connectivity index (χ1v) is 6.92. The van der Waals surface area contributed by atoms with Crippen molar-refractivity contribution in [1.82, 2.24) is 5.32 Å². The molecule has 1 atom stereocenters. The van der Waals surface area contributed by atoms with Gasteiger partial charge in [-0.05, 0) is 47.8 Å². The van der Waals surface area contributed by atoms with Crippen LogP contribution in [-0.2, 0) is 0 Å². The van der Waals surface area contributed by atoms with Crippen molar-refractivity contribution in [1.29, 1.82) is 0 Å². The minimum Gasteiger partial charge on any atom is -0.330 e. The molecule has 0 saturated heterocycles. The van der Waals surface area contributed by atoms with Crippen molar-refractivity contribution in [2.24, 2.45) is 11.1 Å². The van der Waals surface area contributed by atoms with E-state index in [1.54, 1.807) is 0 Å². The molecule has 1 unspecified atom stereocenters. The van der Waals surface area contributed by atoms with Crippen molar-refractivity contribution in [3.63, 3.8) is 0 Å². The molecule has 0 spiro atoms. The first kappa shape index (κ1) is 14.0. The topological polar surface area (TPSA) is 38.0 Å². The van der Waals surface area contributed by atoms with Gasteiger partial charge in [0, 0.05) is 6.04 Å². The lowest BCUT2D eigenvalue weighted by Gasteiger charge is -2.28. The molecular formula is C17H24N2. The van der Waals surface area contributed by atoms with Crippen molar-refractivity contribution in [3.8, 4) is 0 Å². The summed E-state index contributed by atoms with van der Waals surface area (Å²) in [6.07, 6.45) is 1.04. The smallest absolute Gasteiger partial charge is 0.0323 e. The fourth-order valence-corrected chi connectivity index (χ4v) is 2.45. The SMILES string of the molecule is CNC(CC(C)(C)CN)c1ccc2ccccc2c1. The number of nitrogens with one attached hydrogen (secondary N) is 1. The Morgan fingerprint density at radius 3 is 2.42 bits per heavy atom. The molecule has 2 aromatic carbocycles. The third kappa shape index (κ3) is 3.34. The molecule has 0 radical (unpaired) electrons. The van der Waals surface area contributed by atoms with Crippen LogP contribution in [0.1, 0.15) is 31.9 Å². The van der Waals surface area contributed by atoms with Crippen molar-refractivity contribution in [2.75, 3.05) is 13.6 Å². The number of nitrogens with two attached hydrogens (primary N) is 1. The molecular weight excluding hydrogens is 232 g/mol. The van der Waals surface area contributed by atoms with E-state index >= 15 is 0 Å². The van der Waals surface area contributed by atoms with Crippen molar-refractivity contribution < 1.29 is 0 Å². The molecule has 2 nitrogen and oxygen atoms in total. The maximum Gasteiger partial charge on any atom is 0.0323 e. The second-order valence-corrected chi connectivity index (χ2v) is 6.02. The van der Waals surface area contributed by atoms with Crippen molar-refractivity contribution in [2.45, 2.75) is 26.3 Å². The highest BCUT2D eigenvalue weighted by atomic mass is 14.9. The third-order valence-electron chi connectivity index (χ3n) is 3.83. The molecule has 0 aliphatic rings. The summed E-state index contributed by atoms with van der Waals surface area (Å²) in [5.41, 5.74) is 7.34. The number of benzene rings is 2. The van der Waals surface area contributed by atoms with Crippen molar-refractivity contribution >= 4 is 10.8 Å². The molecule has 0 saturated carbocycles. The maximum atomic E-state index is 5.85. The standard InChI is InChI=1S/C17H24N2/c1-17(2,12-18)11-16(19-3)15-9-8-13-6-4-5-7-14(13)10-15/h4-10,16,19H,11-12,18H2,1-3H3. The van der Waals surface area contributed by atoms with Crippen LogP contribution in [-0.4, -0.2) is 13.6 Å². The predicted octanol–water partition coefficient (Wildman–Crippen LogP) is 3.48. The lowest BCUT2D eigenvalue weighted by molar-refractivity contribution is 0.299.